The van der Waals surface area contributed by atoms with Crippen LogP contribution in [-0.4, -0.2) is 97.7 Å². The first kappa shape index (κ1) is 26.6. The molecule has 1 aromatic rings. The topological polar surface area (TPSA) is 85.8 Å². The van der Waals surface area contributed by atoms with Gasteiger partial charge in [0.1, 0.15) is 5.76 Å². The maximum atomic E-state index is 13.2. The van der Waals surface area contributed by atoms with E-state index in [9.17, 15) is 14.7 Å². The molecule has 2 amide bonds. The summed E-state index contributed by atoms with van der Waals surface area (Å²) in [6.45, 7) is 8.94. The van der Waals surface area contributed by atoms with Gasteiger partial charge in [0.2, 0.25) is 0 Å². The van der Waals surface area contributed by atoms with Crippen LogP contribution in [0.4, 0.5) is 10.5 Å². The van der Waals surface area contributed by atoms with E-state index in [1.807, 2.05) is 32.9 Å². The van der Waals surface area contributed by atoms with Crippen LogP contribution in [0.25, 0.3) is 0 Å². The molecule has 9 nitrogen and oxygen atoms in total. The van der Waals surface area contributed by atoms with Gasteiger partial charge in [-0.05, 0) is 50.8 Å². The Morgan fingerprint density at radius 1 is 1.18 bits per heavy atom. The Bertz CT molecular complexity index is 1170. The summed E-state index contributed by atoms with van der Waals surface area (Å²) in [7, 11) is 4.96. The number of aliphatic hydroxyl groups is 1. The zero-order chi connectivity index (χ0) is 27.4. The van der Waals surface area contributed by atoms with Gasteiger partial charge in [-0.25, -0.2) is 9.59 Å². The number of fused-ring (bicyclic) bond motifs is 1. The molecule has 4 aliphatic rings. The third-order valence-electron chi connectivity index (χ3n) is 8.53. The number of hydrogen-bond acceptors (Lipinski definition) is 7. The van der Waals surface area contributed by atoms with Gasteiger partial charge in [0.05, 0.1) is 43.6 Å². The smallest absolute Gasteiger partial charge is 0.337 e. The lowest BCUT2D eigenvalue weighted by Gasteiger charge is -2.50. The average Bonchev–Trinajstić information content (AvgIpc) is 3.27. The van der Waals surface area contributed by atoms with Crippen molar-refractivity contribution in [3.8, 4) is 0 Å². The first-order chi connectivity index (χ1) is 18.0. The van der Waals surface area contributed by atoms with Gasteiger partial charge in [-0.15, -0.1) is 0 Å². The van der Waals surface area contributed by atoms with Crippen molar-refractivity contribution in [1.29, 1.82) is 0 Å². The van der Waals surface area contributed by atoms with Crippen LogP contribution in [0.3, 0.4) is 0 Å². The van der Waals surface area contributed by atoms with Gasteiger partial charge >= 0.3 is 12.0 Å². The highest BCUT2D eigenvalue weighted by molar-refractivity contribution is 5.91. The van der Waals surface area contributed by atoms with Gasteiger partial charge in [-0.3, -0.25) is 4.90 Å². The molecule has 0 spiro atoms. The number of urea groups is 1. The molecular formula is C29H40N4O5. The van der Waals surface area contributed by atoms with Crippen molar-refractivity contribution in [3.05, 3.63) is 52.8 Å². The molecule has 0 unspecified atom stereocenters. The van der Waals surface area contributed by atoms with Gasteiger partial charge in [0.25, 0.3) is 0 Å². The van der Waals surface area contributed by atoms with Gasteiger partial charge in [-0.2, -0.15) is 0 Å². The molecule has 3 saturated heterocycles. The van der Waals surface area contributed by atoms with E-state index < -0.39 is 11.4 Å². The largest absolute Gasteiger partial charge is 0.511 e. The number of esters is 1. The predicted octanol–water partition coefficient (Wildman–Crippen LogP) is 3.48. The van der Waals surface area contributed by atoms with Crippen molar-refractivity contribution in [1.82, 2.24) is 14.7 Å². The Kier molecular flexibility index (Phi) is 6.72. The number of piperidine rings is 1. The van der Waals surface area contributed by atoms with E-state index in [1.54, 1.807) is 23.9 Å². The molecule has 1 N–H and O–H groups in total. The number of hydrogen-bond donors (Lipinski definition) is 1. The first-order valence-corrected chi connectivity index (χ1v) is 13.4. The number of amides is 2. The highest BCUT2D eigenvalue weighted by atomic mass is 16.5. The molecule has 1 aliphatic carbocycles. The van der Waals surface area contributed by atoms with Gasteiger partial charge in [-0.1, -0.05) is 24.3 Å². The summed E-state index contributed by atoms with van der Waals surface area (Å²) in [5, 5.41) is 12.1. The molecule has 0 saturated carbocycles. The number of methoxy groups -OCH3 is 1. The minimum atomic E-state index is -0.733. The molecule has 2 bridgehead atoms. The van der Waals surface area contributed by atoms with Gasteiger partial charge in [0, 0.05) is 44.8 Å². The fourth-order valence-electron chi connectivity index (χ4n) is 6.84. The van der Waals surface area contributed by atoms with Crippen molar-refractivity contribution in [2.75, 3.05) is 59.1 Å². The van der Waals surface area contributed by atoms with Crippen LogP contribution in [-0.2, 0) is 19.7 Å². The van der Waals surface area contributed by atoms with E-state index in [0.717, 1.165) is 36.3 Å². The van der Waals surface area contributed by atoms with Crippen LogP contribution in [0, 0.1) is 5.92 Å². The fraction of sp³-hybridized carbons (Fsp3) is 0.586. The summed E-state index contributed by atoms with van der Waals surface area (Å²) in [6, 6.07) is 8.13. The van der Waals surface area contributed by atoms with Crippen LogP contribution in [0.1, 0.15) is 39.2 Å². The average molecular weight is 525 g/mol. The van der Waals surface area contributed by atoms with Crippen molar-refractivity contribution in [2.45, 2.75) is 50.7 Å². The molecule has 1 aromatic carbocycles. The molecule has 0 aromatic heterocycles. The van der Waals surface area contributed by atoms with Gasteiger partial charge < -0.3 is 29.3 Å². The number of benzene rings is 1. The van der Waals surface area contributed by atoms with Crippen LogP contribution in [0.5, 0.6) is 0 Å². The molecule has 3 atom stereocenters. The molecule has 3 heterocycles. The van der Waals surface area contributed by atoms with Crippen molar-refractivity contribution < 1.29 is 24.2 Å². The molecule has 206 valence electrons. The summed E-state index contributed by atoms with van der Waals surface area (Å²) in [5.74, 6) is -0.568. The summed E-state index contributed by atoms with van der Waals surface area (Å²) in [4.78, 5) is 33.6. The first-order valence-electron chi connectivity index (χ1n) is 13.4. The number of carbonyl (C=O) groups is 2. The van der Waals surface area contributed by atoms with Crippen molar-refractivity contribution >= 4 is 17.7 Å². The lowest BCUT2D eigenvalue weighted by Crippen LogP contribution is -2.57. The second kappa shape index (κ2) is 9.61. The Morgan fingerprint density at radius 2 is 1.87 bits per heavy atom. The maximum absolute atomic E-state index is 13.2. The maximum Gasteiger partial charge on any atom is 0.337 e. The van der Waals surface area contributed by atoms with E-state index in [1.165, 1.54) is 7.11 Å². The highest BCUT2D eigenvalue weighted by Gasteiger charge is 2.60. The summed E-state index contributed by atoms with van der Waals surface area (Å²) < 4.78 is 11.2. The molecule has 0 radical (unpaired) electrons. The SMILES string of the molecule is COC(=O)C1=C(O)[C@@]2(c3ccccc3N3CN(C)C(=O)N(C)C3)CCN3C/C(=C/COC(C)(C)C)[C@@H]1C[C@H]32. The summed E-state index contributed by atoms with van der Waals surface area (Å²) >= 11 is 0. The monoisotopic (exact) mass is 524 g/mol. The van der Waals surface area contributed by atoms with Crippen LogP contribution >= 0.6 is 0 Å². The molecule has 3 aliphatic heterocycles. The van der Waals surface area contributed by atoms with Crippen LogP contribution in [0.15, 0.2) is 47.2 Å². The predicted molar refractivity (Wildman–Crippen MR) is 145 cm³/mol. The lowest BCUT2D eigenvalue weighted by atomic mass is 9.61. The molecule has 38 heavy (non-hydrogen) atoms. The Hall–Kier alpha value is -3.04. The van der Waals surface area contributed by atoms with Crippen molar-refractivity contribution in [2.24, 2.45) is 5.92 Å². The summed E-state index contributed by atoms with van der Waals surface area (Å²) in [5.41, 5.74) is 2.42. The van der Waals surface area contributed by atoms with E-state index in [0.29, 0.717) is 31.9 Å². The molecule has 9 heteroatoms. The zero-order valence-corrected chi connectivity index (χ0v) is 23.4. The molecule has 3 fully saturated rings. The van der Waals surface area contributed by atoms with Crippen molar-refractivity contribution in [3.63, 3.8) is 0 Å². The number of carbonyl (C=O) groups excluding carboxylic acids is 2. The zero-order valence-electron chi connectivity index (χ0n) is 23.4. The second-order valence-corrected chi connectivity index (χ2v) is 12.0. The van der Waals surface area contributed by atoms with E-state index >= 15 is 0 Å². The Labute approximate surface area is 225 Å². The van der Waals surface area contributed by atoms with Gasteiger partial charge in [0.15, 0.2) is 0 Å². The lowest BCUT2D eigenvalue weighted by molar-refractivity contribution is -0.137. The standard InChI is InChI=1S/C29H40N4O5/c1-28(2,3)38-14-11-19-16-32-13-12-29(23(32)15-20(19)24(25(29)34)26(35)37-6)21-9-7-8-10-22(21)33-17-30(4)27(36)31(5)18-33/h7-11,20,23,34H,12-18H2,1-6H3/b19-11-/t20-,23-,29+/m0/s1. The minimum Gasteiger partial charge on any atom is -0.511 e. The summed E-state index contributed by atoms with van der Waals surface area (Å²) in [6.07, 6.45) is 3.50. The van der Waals surface area contributed by atoms with E-state index in [4.69, 9.17) is 9.47 Å². The minimum absolute atomic E-state index is 0.0257. The van der Waals surface area contributed by atoms with Crippen LogP contribution in [0.2, 0.25) is 0 Å². The normalized spacial score (nSPS) is 28.9. The third kappa shape index (κ3) is 4.25. The van der Waals surface area contributed by atoms with Crippen LogP contribution < -0.4 is 4.90 Å². The quantitative estimate of drug-likeness (QED) is 0.466. The number of rotatable bonds is 5. The second-order valence-electron chi connectivity index (χ2n) is 12.0. The molecular weight excluding hydrogens is 484 g/mol. The highest BCUT2D eigenvalue weighted by Crippen LogP contribution is 2.58. The number of ether oxygens (including phenoxy) is 2. The number of nitrogens with zero attached hydrogens (tertiary/aromatic N) is 4. The number of anilines is 1. The number of aliphatic hydroxyl groups excluding tert-OH is 1. The van der Waals surface area contributed by atoms with E-state index in [2.05, 4.69) is 28.0 Å². The van der Waals surface area contributed by atoms with E-state index in [-0.39, 0.29) is 29.4 Å². The molecule has 5 rings (SSSR count). The Balaban J connectivity index is 1.61. The fourth-order valence-corrected chi connectivity index (χ4v) is 6.84. The Morgan fingerprint density at radius 3 is 2.53 bits per heavy atom. The number of para-hydroxylation sites is 1. The third-order valence-corrected chi connectivity index (χ3v) is 8.53.